The highest BCUT2D eigenvalue weighted by Crippen LogP contribution is 2.26. The molecule has 4 heteroatoms. The van der Waals surface area contributed by atoms with Gasteiger partial charge in [-0.3, -0.25) is 0 Å². The van der Waals surface area contributed by atoms with E-state index >= 15 is 0 Å². The van der Waals surface area contributed by atoms with Crippen LogP contribution < -0.4 is 4.90 Å². The van der Waals surface area contributed by atoms with Gasteiger partial charge in [-0.15, -0.1) is 0 Å². The third-order valence-corrected chi connectivity index (χ3v) is 3.32. The molecule has 0 aliphatic carbocycles. The molecule has 0 bridgehead atoms. The minimum atomic E-state index is 0.644. The third-order valence-electron chi connectivity index (χ3n) is 2.78. The van der Waals surface area contributed by atoms with E-state index in [1.165, 1.54) is 17.4 Å². The van der Waals surface area contributed by atoms with Gasteiger partial charge in [0.15, 0.2) is 0 Å². The van der Waals surface area contributed by atoms with Crippen LogP contribution in [-0.4, -0.2) is 21.8 Å². The molecule has 1 aromatic carbocycles. The van der Waals surface area contributed by atoms with Gasteiger partial charge in [0.05, 0.1) is 17.4 Å². The fourth-order valence-corrected chi connectivity index (χ4v) is 2.74. The van der Waals surface area contributed by atoms with Gasteiger partial charge in [0.25, 0.3) is 0 Å². The smallest absolute Gasteiger partial charge is 0.128 e. The first-order chi connectivity index (χ1) is 8.58. The second kappa shape index (κ2) is 5.65. The van der Waals surface area contributed by atoms with Crippen LogP contribution in [0.25, 0.3) is 11.0 Å². The summed E-state index contributed by atoms with van der Waals surface area (Å²) in [4.78, 5) is 2.44. The zero-order valence-corrected chi connectivity index (χ0v) is 12.4. The topological polar surface area (TPSA) is 29.0 Å². The van der Waals surface area contributed by atoms with E-state index in [-0.39, 0.29) is 0 Å². The maximum absolute atomic E-state index is 4.44. The van der Waals surface area contributed by atoms with Gasteiger partial charge in [-0.1, -0.05) is 33.8 Å². The summed E-state index contributed by atoms with van der Waals surface area (Å²) in [5.41, 5.74) is 3.28. The largest absolute Gasteiger partial charge is 0.369 e. The van der Waals surface area contributed by atoms with Crippen LogP contribution in [0.3, 0.4) is 0 Å². The minimum Gasteiger partial charge on any atom is -0.369 e. The molecule has 0 aliphatic heterocycles. The van der Waals surface area contributed by atoms with E-state index in [9.17, 15) is 0 Å². The molecule has 2 aromatic rings. The molecule has 2 rings (SSSR count). The van der Waals surface area contributed by atoms with Gasteiger partial charge in [0.1, 0.15) is 11.0 Å². The zero-order chi connectivity index (χ0) is 13.1. The van der Waals surface area contributed by atoms with Crippen molar-refractivity contribution in [1.82, 2.24) is 8.75 Å². The van der Waals surface area contributed by atoms with Gasteiger partial charge in [-0.25, -0.2) is 0 Å². The Labute approximate surface area is 113 Å². The first kappa shape index (κ1) is 13.3. The molecule has 0 aliphatic rings. The molecule has 0 saturated carbocycles. The van der Waals surface area contributed by atoms with Crippen molar-refractivity contribution in [2.75, 3.05) is 18.0 Å². The average molecular weight is 263 g/mol. The summed E-state index contributed by atoms with van der Waals surface area (Å²) in [7, 11) is 0. The molecule has 0 unspecified atom stereocenters. The summed E-state index contributed by atoms with van der Waals surface area (Å²) in [5, 5.41) is 0. The Morgan fingerprint density at radius 3 is 2.33 bits per heavy atom. The quantitative estimate of drug-likeness (QED) is 0.821. The predicted molar refractivity (Wildman–Crippen MR) is 79.3 cm³/mol. The molecule has 18 heavy (non-hydrogen) atoms. The lowest BCUT2D eigenvalue weighted by Gasteiger charge is -2.28. The second-order valence-electron chi connectivity index (χ2n) is 5.60. The second-order valence-corrected chi connectivity index (χ2v) is 6.13. The summed E-state index contributed by atoms with van der Waals surface area (Å²) in [5.74, 6) is 1.29. The summed E-state index contributed by atoms with van der Waals surface area (Å²) < 4.78 is 8.77. The highest BCUT2D eigenvalue weighted by molar-refractivity contribution is 7.00. The number of anilines is 1. The Morgan fingerprint density at radius 1 is 1.06 bits per heavy atom. The first-order valence-corrected chi connectivity index (χ1v) is 7.27. The van der Waals surface area contributed by atoms with Crippen molar-refractivity contribution in [3.8, 4) is 0 Å². The lowest BCUT2D eigenvalue weighted by Crippen LogP contribution is -2.31. The molecule has 0 N–H and O–H groups in total. The van der Waals surface area contributed by atoms with Crippen molar-refractivity contribution in [1.29, 1.82) is 0 Å². The maximum Gasteiger partial charge on any atom is 0.128 e. The fourth-order valence-electron chi connectivity index (χ4n) is 2.20. The number of aromatic nitrogens is 2. The monoisotopic (exact) mass is 263 g/mol. The van der Waals surface area contributed by atoms with E-state index in [1.54, 1.807) is 0 Å². The van der Waals surface area contributed by atoms with Crippen LogP contribution in [0.2, 0.25) is 0 Å². The first-order valence-electron chi connectivity index (χ1n) is 6.54. The Hall–Kier alpha value is -1.16. The Bertz CT molecular complexity index is 494. The molecule has 0 atom stereocenters. The number of hydrogen-bond donors (Lipinski definition) is 0. The maximum atomic E-state index is 4.44. The van der Waals surface area contributed by atoms with E-state index in [0.717, 1.165) is 24.1 Å². The van der Waals surface area contributed by atoms with Crippen LogP contribution in [0.1, 0.15) is 27.7 Å². The molecule has 1 aromatic heterocycles. The number of benzene rings is 1. The van der Waals surface area contributed by atoms with E-state index < -0.39 is 0 Å². The van der Waals surface area contributed by atoms with Crippen molar-refractivity contribution >= 4 is 28.4 Å². The van der Waals surface area contributed by atoms with Gasteiger partial charge >= 0.3 is 0 Å². The van der Waals surface area contributed by atoms with Crippen molar-refractivity contribution in [3.63, 3.8) is 0 Å². The van der Waals surface area contributed by atoms with Gasteiger partial charge in [-0.05, 0) is 24.0 Å². The lowest BCUT2D eigenvalue weighted by molar-refractivity contribution is 0.553. The molecule has 98 valence electrons. The zero-order valence-electron chi connectivity index (χ0n) is 11.6. The molecule has 0 amide bonds. The predicted octanol–water partition coefficient (Wildman–Crippen LogP) is 3.81. The van der Waals surface area contributed by atoms with Crippen molar-refractivity contribution in [3.05, 3.63) is 18.2 Å². The van der Waals surface area contributed by atoms with Gasteiger partial charge in [0.2, 0.25) is 0 Å². The Balaban J connectivity index is 2.36. The van der Waals surface area contributed by atoms with Gasteiger partial charge < -0.3 is 4.90 Å². The molecular formula is C14H21N3S. The number of nitrogens with zero attached hydrogens (tertiary/aromatic N) is 3. The summed E-state index contributed by atoms with van der Waals surface area (Å²) in [6.45, 7) is 11.2. The van der Waals surface area contributed by atoms with Gasteiger partial charge in [-0.2, -0.15) is 8.75 Å². The van der Waals surface area contributed by atoms with Crippen LogP contribution in [0.15, 0.2) is 18.2 Å². The number of hydrogen-bond acceptors (Lipinski definition) is 4. The normalized spacial score (nSPS) is 11.7. The lowest BCUT2D eigenvalue weighted by atomic mass is 10.1. The molecular weight excluding hydrogens is 242 g/mol. The minimum absolute atomic E-state index is 0.644. The fraction of sp³-hybridized carbons (Fsp3) is 0.571. The number of fused-ring (bicyclic) bond motifs is 1. The Morgan fingerprint density at radius 2 is 1.72 bits per heavy atom. The molecule has 0 fully saturated rings. The van der Waals surface area contributed by atoms with Crippen LogP contribution in [0.5, 0.6) is 0 Å². The van der Waals surface area contributed by atoms with E-state index in [4.69, 9.17) is 0 Å². The van der Waals surface area contributed by atoms with Crippen molar-refractivity contribution in [2.24, 2.45) is 11.8 Å². The highest BCUT2D eigenvalue weighted by Gasteiger charge is 2.14. The summed E-state index contributed by atoms with van der Waals surface area (Å²) >= 11 is 1.30. The van der Waals surface area contributed by atoms with Crippen LogP contribution >= 0.6 is 11.7 Å². The third kappa shape index (κ3) is 2.99. The SMILES string of the molecule is CC(C)CN(CC(C)C)c1cccc2nsnc12. The van der Waals surface area contributed by atoms with Crippen molar-refractivity contribution in [2.45, 2.75) is 27.7 Å². The number of rotatable bonds is 5. The van der Waals surface area contributed by atoms with E-state index in [1.807, 2.05) is 6.07 Å². The average Bonchev–Trinajstić information content (AvgIpc) is 2.74. The molecule has 0 radical (unpaired) electrons. The van der Waals surface area contributed by atoms with E-state index in [0.29, 0.717) is 11.8 Å². The van der Waals surface area contributed by atoms with Crippen molar-refractivity contribution < 1.29 is 0 Å². The van der Waals surface area contributed by atoms with Crippen LogP contribution in [0.4, 0.5) is 5.69 Å². The van der Waals surface area contributed by atoms with Crippen LogP contribution in [-0.2, 0) is 0 Å². The molecule has 1 heterocycles. The molecule has 3 nitrogen and oxygen atoms in total. The van der Waals surface area contributed by atoms with Gasteiger partial charge in [0, 0.05) is 13.1 Å². The molecule has 0 spiro atoms. The molecule has 0 saturated heterocycles. The highest BCUT2D eigenvalue weighted by atomic mass is 32.1. The van der Waals surface area contributed by atoms with E-state index in [2.05, 4.69) is 53.5 Å². The summed E-state index contributed by atoms with van der Waals surface area (Å²) in [6.07, 6.45) is 0. The standard InChI is InChI=1S/C14H21N3S/c1-10(2)8-17(9-11(3)4)13-7-5-6-12-14(13)16-18-15-12/h5-7,10-11H,8-9H2,1-4H3. The summed E-state index contributed by atoms with van der Waals surface area (Å²) in [6, 6.07) is 6.27. The van der Waals surface area contributed by atoms with Crippen LogP contribution in [0, 0.1) is 11.8 Å². The Kier molecular flexibility index (Phi) is 4.17.